The highest BCUT2D eigenvalue weighted by Crippen LogP contribution is 2.28. The average Bonchev–Trinajstić information content (AvgIpc) is 2.96. The topological polar surface area (TPSA) is 66.6 Å². The molecular weight excluding hydrogens is 314 g/mol. The summed E-state index contributed by atoms with van der Waals surface area (Å²) in [5.74, 6) is 1.37. The molecule has 2 N–H and O–H groups in total. The van der Waals surface area contributed by atoms with Crippen LogP contribution in [-0.4, -0.2) is 53.8 Å². The quantitative estimate of drug-likeness (QED) is 0.849. The third-order valence-electron chi connectivity index (χ3n) is 5.65. The zero-order valence-electron chi connectivity index (χ0n) is 13.9. The highest BCUT2D eigenvalue weighted by Gasteiger charge is 2.33. The van der Waals surface area contributed by atoms with Gasteiger partial charge in [0.2, 0.25) is 11.8 Å². The second kappa shape index (κ2) is 8.34. The number of hydrogen-bond donors (Lipinski definition) is 1. The molecule has 23 heavy (non-hydrogen) atoms. The second-order valence-electron chi connectivity index (χ2n) is 7.34. The van der Waals surface area contributed by atoms with E-state index in [0.29, 0.717) is 17.7 Å². The molecule has 0 spiro atoms. The van der Waals surface area contributed by atoms with Crippen LogP contribution in [0.15, 0.2) is 0 Å². The largest absolute Gasteiger partial charge is 0.342 e. The van der Waals surface area contributed by atoms with Crippen LogP contribution in [0.5, 0.6) is 0 Å². The molecule has 2 amide bonds. The molecule has 3 fully saturated rings. The molecule has 132 valence electrons. The van der Waals surface area contributed by atoms with Gasteiger partial charge < -0.3 is 15.5 Å². The number of rotatable bonds is 3. The summed E-state index contributed by atoms with van der Waals surface area (Å²) in [4.78, 5) is 28.5. The number of hydrogen-bond acceptors (Lipinski definition) is 3. The maximum absolute atomic E-state index is 12.5. The predicted molar refractivity (Wildman–Crippen MR) is 92.3 cm³/mol. The fraction of sp³-hybridized carbons (Fsp3) is 0.882. The van der Waals surface area contributed by atoms with Crippen LogP contribution < -0.4 is 5.73 Å². The van der Waals surface area contributed by atoms with Crippen LogP contribution >= 0.6 is 12.4 Å². The Kier molecular flexibility index (Phi) is 6.72. The van der Waals surface area contributed by atoms with E-state index >= 15 is 0 Å². The van der Waals surface area contributed by atoms with Crippen molar-refractivity contribution < 1.29 is 9.59 Å². The SMILES string of the molecule is Cl.NC1CCC(C(=O)N2CCC(CN3CCCCC3=O)CC2)C1. The van der Waals surface area contributed by atoms with Gasteiger partial charge in [-0.2, -0.15) is 0 Å². The first kappa shape index (κ1) is 18.5. The van der Waals surface area contributed by atoms with Crippen molar-refractivity contribution in [2.24, 2.45) is 17.6 Å². The summed E-state index contributed by atoms with van der Waals surface area (Å²) in [5.41, 5.74) is 5.92. The van der Waals surface area contributed by atoms with E-state index in [9.17, 15) is 9.59 Å². The third-order valence-corrected chi connectivity index (χ3v) is 5.65. The van der Waals surface area contributed by atoms with Crippen molar-refractivity contribution in [2.45, 2.75) is 57.4 Å². The van der Waals surface area contributed by atoms with Crippen molar-refractivity contribution >= 4 is 24.2 Å². The van der Waals surface area contributed by atoms with Gasteiger partial charge in [-0.1, -0.05) is 0 Å². The number of nitrogens with two attached hydrogens (primary N) is 1. The fourth-order valence-corrected chi connectivity index (χ4v) is 4.20. The first-order valence-electron chi connectivity index (χ1n) is 8.95. The lowest BCUT2D eigenvalue weighted by Crippen LogP contribution is -2.45. The minimum atomic E-state index is 0. The molecule has 3 rings (SSSR count). The van der Waals surface area contributed by atoms with Gasteiger partial charge in [0.25, 0.3) is 0 Å². The average molecular weight is 344 g/mol. The molecule has 2 saturated heterocycles. The number of likely N-dealkylation sites (tertiary alicyclic amines) is 2. The molecule has 3 aliphatic rings. The van der Waals surface area contributed by atoms with Gasteiger partial charge in [-0.3, -0.25) is 9.59 Å². The molecule has 2 atom stereocenters. The van der Waals surface area contributed by atoms with Crippen molar-refractivity contribution in [1.82, 2.24) is 9.80 Å². The number of nitrogens with zero attached hydrogens (tertiary/aromatic N) is 2. The summed E-state index contributed by atoms with van der Waals surface area (Å²) in [7, 11) is 0. The van der Waals surface area contributed by atoms with Gasteiger partial charge in [0.15, 0.2) is 0 Å². The fourth-order valence-electron chi connectivity index (χ4n) is 4.20. The van der Waals surface area contributed by atoms with E-state index in [2.05, 4.69) is 0 Å². The van der Waals surface area contributed by atoms with Gasteiger partial charge in [-0.05, 0) is 50.9 Å². The Morgan fingerprint density at radius 2 is 1.83 bits per heavy atom. The first-order chi connectivity index (χ1) is 10.6. The Balaban J connectivity index is 0.00000192. The molecule has 0 aromatic rings. The van der Waals surface area contributed by atoms with E-state index in [1.807, 2.05) is 9.80 Å². The van der Waals surface area contributed by atoms with Crippen LogP contribution in [0, 0.1) is 11.8 Å². The van der Waals surface area contributed by atoms with E-state index in [4.69, 9.17) is 5.73 Å². The summed E-state index contributed by atoms with van der Waals surface area (Å²) >= 11 is 0. The van der Waals surface area contributed by atoms with Gasteiger partial charge in [-0.15, -0.1) is 12.4 Å². The van der Waals surface area contributed by atoms with Crippen molar-refractivity contribution in [1.29, 1.82) is 0 Å². The van der Waals surface area contributed by atoms with E-state index in [1.54, 1.807) is 0 Å². The first-order valence-corrected chi connectivity index (χ1v) is 8.95. The van der Waals surface area contributed by atoms with E-state index in [1.165, 1.54) is 0 Å². The molecular formula is C17H30ClN3O2. The Morgan fingerprint density at radius 1 is 1.09 bits per heavy atom. The summed E-state index contributed by atoms with van der Waals surface area (Å²) in [6.07, 6.45) is 7.80. The van der Waals surface area contributed by atoms with Crippen molar-refractivity contribution in [3.63, 3.8) is 0 Å². The van der Waals surface area contributed by atoms with Crippen LogP contribution in [0.2, 0.25) is 0 Å². The van der Waals surface area contributed by atoms with E-state index in [0.717, 1.165) is 77.5 Å². The lowest BCUT2D eigenvalue weighted by atomic mass is 9.94. The number of carbonyl (C=O) groups is 2. The number of carbonyl (C=O) groups excluding carboxylic acids is 2. The molecule has 2 heterocycles. The summed E-state index contributed by atoms with van der Waals surface area (Å²) in [6, 6.07) is 0.219. The summed E-state index contributed by atoms with van der Waals surface area (Å²) < 4.78 is 0. The van der Waals surface area contributed by atoms with Gasteiger partial charge in [0.05, 0.1) is 0 Å². The Labute approximate surface area is 145 Å². The monoisotopic (exact) mass is 343 g/mol. The lowest BCUT2D eigenvalue weighted by molar-refractivity contribution is -0.138. The molecule has 2 unspecified atom stereocenters. The van der Waals surface area contributed by atoms with E-state index in [-0.39, 0.29) is 24.4 Å². The third kappa shape index (κ3) is 4.60. The van der Waals surface area contributed by atoms with Gasteiger partial charge in [0, 0.05) is 44.6 Å². The number of piperidine rings is 2. The Morgan fingerprint density at radius 3 is 2.43 bits per heavy atom. The lowest BCUT2D eigenvalue weighted by Gasteiger charge is -2.37. The molecule has 1 saturated carbocycles. The molecule has 0 aromatic heterocycles. The van der Waals surface area contributed by atoms with Gasteiger partial charge >= 0.3 is 0 Å². The summed E-state index contributed by atoms with van der Waals surface area (Å²) in [5, 5.41) is 0. The molecule has 1 aliphatic carbocycles. The normalized spacial score (nSPS) is 29.5. The second-order valence-corrected chi connectivity index (χ2v) is 7.34. The zero-order valence-corrected chi connectivity index (χ0v) is 14.7. The van der Waals surface area contributed by atoms with Crippen LogP contribution in [0.25, 0.3) is 0 Å². The Bertz CT molecular complexity index is 424. The van der Waals surface area contributed by atoms with Gasteiger partial charge in [0.1, 0.15) is 0 Å². The minimum Gasteiger partial charge on any atom is -0.342 e. The highest BCUT2D eigenvalue weighted by atomic mass is 35.5. The van der Waals surface area contributed by atoms with Crippen molar-refractivity contribution in [3.8, 4) is 0 Å². The number of halogens is 1. The molecule has 0 radical (unpaired) electrons. The van der Waals surface area contributed by atoms with Crippen molar-refractivity contribution in [3.05, 3.63) is 0 Å². The maximum Gasteiger partial charge on any atom is 0.225 e. The smallest absolute Gasteiger partial charge is 0.225 e. The highest BCUT2D eigenvalue weighted by molar-refractivity contribution is 5.85. The molecule has 2 aliphatic heterocycles. The predicted octanol–water partition coefficient (Wildman–Crippen LogP) is 1.79. The van der Waals surface area contributed by atoms with Gasteiger partial charge in [-0.25, -0.2) is 0 Å². The van der Waals surface area contributed by atoms with Crippen LogP contribution in [0.4, 0.5) is 0 Å². The molecule has 0 aromatic carbocycles. The standard InChI is InChI=1S/C17H29N3O2.ClH/c18-15-5-4-14(11-15)17(22)19-9-6-13(7-10-19)12-20-8-2-1-3-16(20)21;/h13-15H,1-12,18H2;1H. The van der Waals surface area contributed by atoms with E-state index < -0.39 is 0 Å². The molecule has 6 heteroatoms. The number of amides is 2. The van der Waals surface area contributed by atoms with Crippen LogP contribution in [0.3, 0.4) is 0 Å². The van der Waals surface area contributed by atoms with Crippen molar-refractivity contribution in [2.75, 3.05) is 26.2 Å². The zero-order chi connectivity index (χ0) is 15.5. The maximum atomic E-state index is 12.5. The minimum absolute atomic E-state index is 0. The van der Waals surface area contributed by atoms with Crippen LogP contribution in [-0.2, 0) is 9.59 Å². The molecule has 5 nitrogen and oxygen atoms in total. The summed E-state index contributed by atoms with van der Waals surface area (Å²) in [6.45, 7) is 3.54. The van der Waals surface area contributed by atoms with Crippen LogP contribution in [0.1, 0.15) is 51.4 Å². The Hall–Kier alpha value is -0.810. The molecule has 0 bridgehead atoms.